The number of fused-ring (bicyclic) bond motifs is 1. The van der Waals surface area contributed by atoms with E-state index in [0.29, 0.717) is 31.2 Å². The number of hydrogen-bond acceptors (Lipinski definition) is 8. The Balaban J connectivity index is 1.37. The van der Waals surface area contributed by atoms with E-state index in [2.05, 4.69) is 44.5 Å². The molecule has 0 spiro atoms. The third-order valence-corrected chi connectivity index (χ3v) is 6.99. The number of anilines is 1. The molecule has 2 aromatic heterocycles. The highest BCUT2D eigenvalue weighted by Gasteiger charge is 2.26. The molecular formula is C30H42N6O4. The van der Waals surface area contributed by atoms with Gasteiger partial charge >= 0.3 is 6.09 Å². The summed E-state index contributed by atoms with van der Waals surface area (Å²) in [4.78, 5) is 38.2. The maximum atomic E-state index is 12.6. The quantitative estimate of drug-likeness (QED) is 0.432. The fourth-order valence-corrected chi connectivity index (χ4v) is 4.63. The van der Waals surface area contributed by atoms with Crippen LogP contribution in [0.25, 0.3) is 11.0 Å². The van der Waals surface area contributed by atoms with Crippen LogP contribution in [-0.4, -0.2) is 73.9 Å². The maximum absolute atomic E-state index is 12.6. The molecule has 3 aromatic rings. The molecule has 0 aliphatic carbocycles. The van der Waals surface area contributed by atoms with Crippen molar-refractivity contribution in [2.45, 2.75) is 66.3 Å². The fraction of sp³-hybridized carbons (Fsp3) is 0.533. The van der Waals surface area contributed by atoms with Crippen LogP contribution in [0.15, 0.2) is 47.4 Å². The van der Waals surface area contributed by atoms with Gasteiger partial charge in [0.25, 0.3) is 5.56 Å². The van der Waals surface area contributed by atoms with Crippen LogP contribution in [0.3, 0.4) is 0 Å². The SMILES string of the molecule is C[C@H](Nc1ncc2ccc(=O)n(CC(C)(C)CO)c2n1)c1ccc(CN2CCN(C(=O)OC(C)(C)C)CC2)cc1. The maximum Gasteiger partial charge on any atom is 0.410 e. The summed E-state index contributed by atoms with van der Waals surface area (Å²) in [5.41, 5.74) is 1.74. The number of benzene rings is 1. The lowest BCUT2D eigenvalue weighted by molar-refractivity contribution is 0.0139. The largest absolute Gasteiger partial charge is 0.444 e. The second-order valence-electron chi connectivity index (χ2n) is 12.4. The van der Waals surface area contributed by atoms with Gasteiger partial charge in [-0.2, -0.15) is 4.98 Å². The summed E-state index contributed by atoms with van der Waals surface area (Å²) in [6.07, 6.45) is 1.47. The first-order valence-corrected chi connectivity index (χ1v) is 13.9. The van der Waals surface area contributed by atoms with Gasteiger partial charge in [-0.15, -0.1) is 0 Å². The first-order valence-electron chi connectivity index (χ1n) is 13.9. The highest BCUT2D eigenvalue weighted by Crippen LogP contribution is 2.22. The number of carbonyl (C=O) groups is 1. The molecule has 10 heteroatoms. The van der Waals surface area contributed by atoms with Gasteiger partial charge in [0.05, 0.1) is 6.04 Å². The molecule has 3 heterocycles. The number of carbonyl (C=O) groups excluding carboxylic acids is 1. The number of aliphatic hydroxyl groups excluding tert-OH is 1. The molecule has 1 amide bonds. The first kappa shape index (κ1) is 29.5. The van der Waals surface area contributed by atoms with Crippen molar-refractivity contribution in [2.24, 2.45) is 5.41 Å². The van der Waals surface area contributed by atoms with E-state index in [1.807, 2.05) is 41.5 Å². The third-order valence-electron chi connectivity index (χ3n) is 6.99. The Bertz CT molecular complexity index is 1370. The van der Waals surface area contributed by atoms with Gasteiger partial charge < -0.3 is 20.1 Å². The molecule has 1 aromatic carbocycles. The molecule has 0 radical (unpaired) electrons. The predicted octanol–water partition coefficient (Wildman–Crippen LogP) is 4.04. The first-order chi connectivity index (χ1) is 18.8. The summed E-state index contributed by atoms with van der Waals surface area (Å²) in [7, 11) is 0. The number of aliphatic hydroxyl groups is 1. The minimum absolute atomic E-state index is 0.0403. The third kappa shape index (κ3) is 7.57. The van der Waals surface area contributed by atoms with E-state index in [1.165, 1.54) is 11.6 Å². The zero-order valence-electron chi connectivity index (χ0n) is 24.5. The standard InChI is InChI=1S/C30H42N6O4/c1-21(32-27-31-17-24-11-12-25(38)36(26(24)33-27)19-30(5,6)20-37)23-9-7-22(8-10-23)18-34-13-15-35(16-14-34)28(39)40-29(2,3)4/h7-12,17,21,37H,13-16,18-20H2,1-6H3,(H,31,32,33)/t21-/m0/s1. The van der Waals surface area contributed by atoms with Crippen molar-refractivity contribution in [1.82, 2.24) is 24.3 Å². The zero-order chi connectivity index (χ0) is 29.1. The minimum Gasteiger partial charge on any atom is -0.444 e. The zero-order valence-corrected chi connectivity index (χ0v) is 24.5. The van der Waals surface area contributed by atoms with E-state index in [4.69, 9.17) is 4.74 Å². The summed E-state index contributed by atoms with van der Waals surface area (Å²) in [6.45, 7) is 15.6. The van der Waals surface area contributed by atoms with Gasteiger partial charge in [-0.25, -0.2) is 9.78 Å². The van der Waals surface area contributed by atoms with Crippen LogP contribution in [0, 0.1) is 5.41 Å². The van der Waals surface area contributed by atoms with E-state index in [9.17, 15) is 14.7 Å². The lowest BCUT2D eigenvalue weighted by atomic mass is 9.95. The topological polar surface area (TPSA) is 113 Å². The summed E-state index contributed by atoms with van der Waals surface area (Å²) < 4.78 is 7.10. The molecule has 0 saturated carbocycles. The Morgan fingerprint density at radius 3 is 2.35 bits per heavy atom. The average molecular weight is 551 g/mol. The number of aromatic nitrogens is 3. The number of piperazine rings is 1. The second kappa shape index (κ2) is 11.9. The Hall–Kier alpha value is -3.50. The van der Waals surface area contributed by atoms with Crippen LogP contribution >= 0.6 is 0 Å². The van der Waals surface area contributed by atoms with Gasteiger partial charge in [-0.05, 0) is 44.9 Å². The number of nitrogens with one attached hydrogen (secondary N) is 1. The lowest BCUT2D eigenvalue weighted by Crippen LogP contribution is -2.49. The smallest absolute Gasteiger partial charge is 0.410 e. The number of pyridine rings is 1. The summed E-state index contributed by atoms with van der Waals surface area (Å²) in [6, 6.07) is 11.6. The van der Waals surface area contributed by atoms with Crippen molar-refractivity contribution >= 4 is 23.1 Å². The van der Waals surface area contributed by atoms with Crippen LogP contribution in [0.4, 0.5) is 10.7 Å². The summed E-state index contributed by atoms with van der Waals surface area (Å²) >= 11 is 0. The number of ether oxygens (including phenoxy) is 1. The van der Waals surface area contributed by atoms with Gasteiger partial charge in [0.15, 0.2) is 0 Å². The van der Waals surface area contributed by atoms with Gasteiger partial charge in [-0.1, -0.05) is 38.1 Å². The molecule has 1 aliphatic heterocycles. The molecule has 40 heavy (non-hydrogen) atoms. The summed E-state index contributed by atoms with van der Waals surface area (Å²) in [5.74, 6) is 0.438. The molecule has 10 nitrogen and oxygen atoms in total. The number of rotatable bonds is 8. The van der Waals surface area contributed by atoms with Gasteiger partial charge in [0.1, 0.15) is 11.2 Å². The van der Waals surface area contributed by atoms with Gasteiger partial charge in [-0.3, -0.25) is 14.3 Å². The monoisotopic (exact) mass is 550 g/mol. The van der Waals surface area contributed by atoms with Crippen LogP contribution in [0.5, 0.6) is 0 Å². The lowest BCUT2D eigenvalue weighted by Gasteiger charge is -2.35. The van der Waals surface area contributed by atoms with Crippen molar-refractivity contribution < 1.29 is 14.6 Å². The molecule has 4 rings (SSSR count). The minimum atomic E-state index is -0.484. The van der Waals surface area contributed by atoms with Gasteiger partial charge in [0.2, 0.25) is 5.95 Å². The molecule has 1 fully saturated rings. The highest BCUT2D eigenvalue weighted by atomic mass is 16.6. The average Bonchev–Trinajstić information content (AvgIpc) is 2.90. The van der Waals surface area contributed by atoms with Crippen molar-refractivity contribution in [3.63, 3.8) is 0 Å². The van der Waals surface area contributed by atoms with Crippen molar-refractivity contribution in [1.29, 1.82) is 0 Å². The number of nitrogens with zero attached hydrogens (tertiary/aromatic N) is 5. The Kier molecular flexibility index (Phi) is 8.80. The van der Waals surface area contributed by atoms with Crippen molar-refractivity contribution in [3.8, 4) is 0 Å². The van der Waals surface area contributed by atoms with E-state index in [1.54, 1.807) is 21.7 Å². The number of hydrogen-bond donors (Lipinski definition) is 2. The Morgan fingerprint density at radius 2 is 1.73 bits per heavy atom. The molecular weight excluding hydrogens is 508 g/mol. The Morgan fingerprint density at radius 1 is 1.05 bits per heavy atom. The highest BCUT2D eigenvalue weighted by molar-refractivity contribution is 5.75. The summed E-state index contributed by atoms with van der Waals surface area (Å²) in [5, 5.41) is 13.8. The van der Waals surface area contributed by atoms with Crippen LogP contribution < -0.4 is 10.9 Å². The van der Waals surface area contributed by atoms with Crippen LogP contribution in [0.1, 0.15) is 58.7 Å². The van der Waals surface area contributed by atoms with E-state index in [0.717, 1.165) is 30.6 Å². The van der Waals surface area contributed by atoms with E-state index < -0.39 is 11.0 Å². The molecule has 216 valence electrons. The molecule has 1 saturated heterocycles. The predicted molar refractivity (Wildman–Crippen MR) is 156 cm³/mol. The van der Waals surface area contributed by atoms with Crippen molar-refractivity contribution in [3.05, 3.63) is 64.1 Å². The fourth-order valence-electron chi connectivity index (χ4n) is 4.63. The molecule has 1 atom stereocenters. The molecule has 2 N–H and O–H groups in total. The van der Waals surface area contributed by atoms with Crippen molar-refractivity contribution in [2.75, 3.05) is 38.1 Å². The number of amides is 1. The second-order valence-corrected chi connectivity index (χ2v) is 12.4. The van der Waals surface area contributed by atoms with Crippen LogP contribution in [-0.2, 0) is 17.8 Å². The Labute approximate surface area is 236 Å². The van der Waals surface area contributed by atoms with E-state index in [-0.39, 0.29) is 24.3 Å². The van der Waals surface area contributed by atoms with Gasteiger partial charge in [0, 0.05) is 68.9 Å². The van der Waals surface area contributed by atoms with E-state index >= 15 is 0 Å². The molecule has 1 aliphatic rings. The normalized spacial score (nSPS) is 15.7. The molecule has 0 unspecified atom stereocenters. The molecule has 0 bridgehead atoms. The van der Waals surface area contributed by atoms with Crippen LogP contribution in [0.2, 0.25) is 0 Å².